The predicted molar refractivity (Wildman–Crippen MR) is 99.3 cm³/mol. The number of aryl methyl sites for hydroxylation is 1. The fourth-order valence-corrected chi connectivity index (χ4v) is 2.54. The Labute approximate surface area is 150 Å². The first-order chi connectivity index (χ1) is 12.5. The van der Waals surface area contributed by atoms with Crippen LogP contribution in [0.4, 0.5) is 20.2 Å². The van der Waals surface area contributed by atoms with Gasteiger partial charge < -0.3 is 10.6 Å². The van der Waals surface area contributed by atoms with Gasteiger partial charge in [0, 0.05) is 23.5 Å². The first-order valence-electron chi connectivity index (χ1n) is 8.17. The number of benzene rings is 3. The van der Waals surface area contributed by atoms with E-state index < -0.39 is 17.5 Å². The van der Waals surface area contributed by atoms with Crippen molar-refractivity contribution >= 4 is 17.3 Å². The molecule has 3 nitrogen and oxygen atoms in total. The molecule has 0 aliphatic rings. The van der Waals surface area contributed by atoms with Gasteiger partial charge in [-0.15, -0.1) is 0 Å². The molecule has 0 spiro atoms. The highest BCUT2D eigenvalue weighted by atomic mass is 19.2. The van der Waals surface area contributed by atoms with Gasteiger partial charge in [-0.3, -0.25) is 4.79 Å². The third-order valence-electron chi connectivity index (χ3n) is 3.90. The Morgan fingerprint density at radius 2 is 1.62 bits per heavy atom. The van der Waals surface area contributed by atoms with Gasteiger partial charge in [0.1, 0.15) is 0 Å². The summed E-state index contributed by atoms with van der Waals surface area (Å²) in [6, 6.07) is 18.5. The Kier molecular flexibility index (Phi) is 5.27. The summed E-state index contributed by atoms with van der Waals surface area (Å²) < 4.78 is 26.2. The average molecular weight is 352 g/mol. The third-order valence-corrected chi connectivity index (χ3v) is 3.90. The molecule has 0 aromatic heterocycles. The molecule has 0 aliphatic heterocycles. The zero-order valence-corrected chi connectivity index (χ0v) is 14.2. The maximum Gasteiger partial charge on any atom is 0.255 e. The van der Waals surface area contributed by atoms with E-state index in [9.17, 15) is 13.6 Å². The Balaban J connectivity index is 1.60. The molecule has 3 rings (SSSR count). The molecule has 2 N–H and O–H groups in total. The molecule has 0 saturated carbocycles. The van der Waals surface area contributed by atoms with Gasteiger partial charge in [0.15, 0.2) is 11.6 Å². The van der Waals surface area contributed by atoms with E-state index >= 15 is 0 Å². The van der Waals surface area contributed by atoms with Crippen LogP contribution in [0.1, 0.15) is 21.5 Å². The van der Waals surface area contributed by atoms with Gasteiger partial charge in [-0.25, -0.2) is 8.78 Å². The summed E-state index contributed by atoms with van der Waals surface area (Å²) in [7, 11) is 0. The zero-order chi connectivity index (χ0) is 18.5. The van der Waals surface area contributed by atoms with E-state index in [-0.39, 0.29) is 5.56 Å². The van der Waals surface area contributed by atoms with E-state index in [0.717, 1.165) is 17.8 Å². The van der Waals surface area contributed by atoms with Gasteiger partial charge >= 0.3 is 0 Å². The van der Waals surface area contributed by atoms with Gasteiger partial charge in [0.25, 0.3) is 5.91 Å². The third kappa shape index (κ3) is 4.45. The largest absolute Gasteiger partial charge is 0.381 e. The molecule has 0 atom stereocenters. The Bertz CT molecular complexity index is 924. The normalized spacial score (nSPS) is 10.4. The zero-order valence-electron chi connectivity index (χ0n) is 14.2. The lowest BCUT2D eigenvalue weighted by molar-refractivity contribution is 0.102. The SMILES string of the molecule is Cc1cccc(CNc2ccc(NC(=O)c3ccc(F)c(F)c3)cc2)c1. The van der Waals surface area contributed by atoms with Crippen molar-refractivity contribution in [1.82, 2.24) is 0 Å². The van der Waals surface area contributed by atoms with Crippen molar-refractivity contribution in [2.75, 3.05) is 10.6 Å². The molecule has 0 heterocycles. The van der Waals surface area contributed by atoms with E-state index in [0.29, 0.717) is 12.2 Å². The van der Waals surface area contributed by atoms with Gasteiger partial charge in [-0.2, -0.15) is 0 Å². The Hall–Kier alpha value is -3.21. The molecule has 0 unspecified atom stereocenters. The highest BCUT2D eigenvalue weighted by molar-refractivity contribution is 6.04. The van der Waals surface area contributed by atoms with Crippen molar-refractivity contribution in [3.05, 3.63) is 95.1 Å². The van der Waals surface area contributed by atoms with Crippen molar-refractivity contribution in [2.24, 2.45) is 0 Å². The van der Waals surface area contributed by atoms with Crippen molar-refractivity contribution in [3.63, 3.8) is 0 Å². The summed E-state index contributed by atoms with van der Waals surface area (Å²) in [6.07, 6.45) is 0. The van der Waals surface area contributed by atoms with Crippen molar-refractivity contribution in [2.45, 2.75) is 13.5 Å². The summed E-state index contributed by atoms with van der Waals surface area (Å²) in [5.74, 6) is -2.52. The van der Waals surface area contributed by atoms with Crippen LogP contribution in [0.3, 0.4) is 0 Å². The van der Waals surface area contributed by atoms with Crippen LogP contribution in [0.5, 0.6) is 0 Å². The molecule has 0 radical (unpaired) electrons. The van der Waals surface area contributed by atoms with Crippen LogP contribution in [0.2, 0.25) is 0 Å². The van der Waals surface area contributed by atoms with E-state index in [4.69, 9.17) is 0 Å². The van der Waals surface area contributed by atoms with Gasteiger partial charge in [0.2, 0.25) is 0 Å². The van der Waals surface area contributed by atoms with Crippen molar-refractivity contribution < 1.29 is 13.6 Å². The number of carbonyl (C=O) groups excluding carboxylic acids is 1. The second-order valence-electron chi connectivity index (χ2n) is 6.00. The lowest BCUT2D eigenvalue weighted by Gasteiger charge is -2.09. The minimum atomic E-state index is -1.05. The minimum absolute atomic E-state index is 0.0607. The molecule has 0 saturated heterocycles. The van der Waals surface area contributed by atoms with E-state index in [1.54, 1.807) is 12.1 Å². The number of nitrogens with one attached hydrogen (secondary N) is 2. The lowest BCUT2D eigenvalue weighted by Crippen LogP contribution is -2.12. The van der Waals surface area contributed by atoms with E-state index in [1.807, 2.05) is 31.2 Å². The molecule has 5 heteroatoms. The maximum absolute atomic E-state index is 13.2. The van der Waals surface area contributed by atoms with Crippen LogP contribution in [-0.4, -0.2) is 5.91 Å². The first kappa shape index (κ1) is 17.6. The molecule has 0 aliphatic carbocycles. The Morgan fingerprint density at radius 1 is 0.885 bits per heavy atom. The second kappa shape index (κ2) is 7.78. The number of anilines is 2. The number of hydrogen-bond acceptors (Lipinski definition) is 2. The number of rotatable bonds is 5. The van der Waals surface area contributed by atoms with Crippen LogP contribution in [0, 0.1) is 18.6 Å². The minimum Gasteiger partial charge on any atom is -0.381 e. The summed E-state index contributed by atoms with van der Waals surface area (Å²) in [4.78, 5) is 12.1. The maximum atomic E-state index is 13.2. The Morgan fingerprint density at radius 3 is 2.31 bits per heavy atom. The number of halogens is 2. The molecular weight excluding hydrogens is 334 g/mol. The molecule has 132 valence electrons. The molecule has 3 aromatic carbocycles. The van der Waals surface area contributed by atoms with Crippen molar-refractivity contribution in [1.29, 1.82) is 0 Å². The standard InChI is InChI=1S/C21H18F2N2O/c1-14-3-2-4-15(11-14)13-24-17-6-8-18(9-7-17)25-21(26)16-5-10-19(22)20(23)12-16/h2-12,24H,13H2,1H3,(H,25,26). The number of amides is 1. The first-order valence-corrected chi connectivity index (χ1v) is 8.17. The van der Waals surface area contributed by atoms with Gasteiger partial charge in [-0.1, -0.05) is 29.8 Å². The summed E-state index contributed by atoms with van der Waals surface area (Å²) in [6.45, 7) is 2.75. The van der Waals surface area contributed by atoms with Gasteiger partial charge in [0.05, 0.1) is 0 Å². The summed E-state index contributed by atoms with van der Waals surface area (Å²) >= 11 is 0. The fourth-order valence-electron chi connectivity index (χ4n) is 2.54. The highest BCUT2D eigenvalue weighted by Crippen LogP contribution is 2.17. The summed E-state index contributed by atoms with van der Waals surface area (Å²) in [5, 5.41) is 5.97. The topological polar surface area (TPSA) is 41.1 Å². The van der Waals surface area contributed by atoms with Crippen LogP contribution >= 0.6 is 0 Å². The average Bonchev–Trinajstić information content (AvgIpc) is 2.63. The van der Waals surface area contributed by atoms with Crippen LogP contribution < -0.4 is 10.6 Å². The molecule has 0 bridgehead atoms. The predicted octanol–water partition coefficient (Wildman–Crippen LogP) is 5.14. The molecule has 3 aromatic rings. The van der Waals surface area contributed by atoms with Crippen molar-refractivity contribution in [3.8, 4) is 0 Å². The lowest BCUT2D eigenvalue weighted by atomic mass is 10.1. The second-order valence-corrected chi connectivity index (χ2v) is 6.00. The van der Waals surface area contributed by atoms with E-state index in [1.165, 1.54) is 17.2 Å². The highest BCUT2D eigenvalue weighted by Gasteiger charge is 2.10. The molecule has 26 heavy (non-hydrogen) atoms. The number of hydrogen-bond donors (Lipinski definition) is 2. The molecule has 1 amide bonds. The molecular formula is C21H18F2N2O. The van der Waals surface area contributed by atoms with E-state index in [2.05, 4.69) is 22.8 Å². The summed E-state index contributed by atoms with van der Waals surface area (Å²) in [5.41, 5.74) is 3.93. The smallest absolute Gasteiger partial charge is 0.255 e. The van der Waals surface area contributed by atoms with Crippen LogP contribution in [0.15, 0.2) is 66.7 Å². The van der Waals surface area contributed by atoms with Crippen LogP contribution in [0.25, 0.3) is 0 Å². The van der Waals surface area contributed by atoms with Gasteiger partial charge in [-0.05, 0) is 55.0 Å². The fraction of sp³-hybridized carbons (Fsp3) is 0.0952. The molecule has 0 fully saturated rings. The van der Waals surface area contributed by atoms with Crippen LogP contribution in [-0.2, 0) is 6.54 Å². The monoisotopic (exact) mass is 352 g/mol. The number of carbonyl (C=O) groups is 1. The quantitative estimate of drug-likeness (QED) is 0.668.